The second-order valence-corrected chi connectivity index (χ2v) is 6.38. The molecule has 21 heavy (non-hydrogen) atoms. The molecule has 1 amide bonds. The number of hydrogen-bond donors (Lipinski definition) is 0. The maximum absolute atomic E-state index is 12.7. The lowest BCUT2D eigenvalue weighted by Gasteiger charge is -2.36. The van der Waals surface area contributed by atoms with Crippen molar-refractivity contribution in [1.29, 1.82) is 5.26 Å². The average Bonchev–Trinajstić information content (AvgIpc) is 2.53. The fourth-order valence-corrected chi connectivity index (χ4v) is 3.88. The van der Waals surface area contributed by atoms with Crippen LogP contribution in [0.1, 0.15) is 5.56 Å². The van der Waals surface area contributed by atoms with Gasteiger partial charge in [-0.05, 0) is 17.7 Å². The van der Waals surface area contributed by atoms with Crippen molar-refractivity contribution >= 4 is 23.4 Å². The average molecular weight is 294 g/mol. The summed E-state index contributed by atoms with van der Waals surface area (Å²) in [6, 6.07) is 19.6. The van der Waals surface area contributed by atoms with Gasteiger partial charge in [-0.25, -0.2) is 0 Å². The highest BCUT2D eigenvalue weighted by molar-refractivity contribution is 8.02. The van der Waals surface area contributed by atoms with Crippen LogP contribution in [0.3, 0.4) is 0 Å². The number of nitriles is 1. The minimum Gasteiger partial charge on any atom is -0.312 e. The van der Waals surface area contributed by atoms with E-state index < -0.39 is 4.75 Å². The van der Waals surface area contributed by atoms with Crippen LogP contribution >= 0.6 is 11.8 Å². The van der Waals surface area contributed by atoms with Gasteiger partial charge in [-0.2, -0.15) is 5.26 Å². The highest BCUT2D eigenvalue weighted by Crippen LogP contribution is 2.46. The van der Waals surface area contributed by atoms with Gasteiger partial charge in [-0.15, -0.1) is 0 Å². The molecule has 1 unspecified atom stereocenters. The van der Waals surface area contributed by atoms with Crippen molar-refractivity contribution < 1.29 is 4.79 Å². The maximum atomic E-state index is 12.7. The van der Waals surface area contributed by atoms with Crippen LogP contribution in [0.5, 0.6) is 0 Å². The van der Waals surface area contributed by atoms with Crippen molar-refractivity contribution in [2.75, 3.05) is 11.9 Å². The minimum absolute atomic E-state index is 0.155. The largest absolute Gasteiger partial charge is 0.312 e. The molecule has 2 aromatic rings. The Morgan fingerprint density at radius 1 is 1.14 bits per heavy atom. The lowest BCUT2D eigenvalue weighted by atomic mass is 9.97. The van der Waals surface area contributed by atoms with Gasteiger partial charge < -0.3 is 4.90 Å². The lowest BCUT2D eigenvalue weighted by Crippen LogP contribution is -2.48. The van der Waals surface area contributed by atoms with E-state index in [9.17, 15) is 10.1 Å². The van der Waals surface area contributed by atoms with Crippen molar-refractivity contribution in [3.63, 3.8) is 0 Å². The second-order valence-electron chi connectivity index (χ2n) is 5.04. The van der Waals surface area contributed by atoms with Crippen LogP contribution in [-0.4, -0.2) is 17.7 Å². The number of fused-ring (bicyclic) bond motifs is 1. The molecule has 0 aromatic heterocycles. The molecule has 4 heteroatoms. The predicted molar refractivity (Wildman–Crippen MR) is 84.2 cm³/mol. The highest BCUT2D eigenvalue weighted by atomic mass is 32.2. The molecule has 3 nitrogen and oxygen atoms in total. The van der Waals surface area contributed by atoms with Crippen LogP contribution in [0.15, 0.2) is 59.5 Å². The quantitative estimate of drug-likeness (QED) is 0.854. The zero-order chi connectivity index (χ0) is 14.9. The molecule has 104 valence electrons. The summed E-state index contributed by atoms with van der Waals surface area (Å²) in [4.78, 5) is 15.3. The van der Waals surface area contributed by atoms with Crippen molar-refractivity contribution in [2.24, 2.45) is 0 Å². The Bertz CT molecular complexity index is 723. The molecule has 0 spiro atoms. The molecular weight excluding hydrogens is 280 g/mol. The van der Waals surface area contributed by atoms with E-state index in [1.54, 1.807) is 11.9 Å². The molecule has 0 bridgehead atoms. The van der Waals surface area contributed by atoms with E-state index in [1.807, 2.05) is 54.6 Å². The van der Waals surface area contributed by atoms with E-state index >= 15 is 0 Å². The fraction of sp³-hybridized carbons (Fsp3) is 0.176. The summed E-state index contributed by atoms with van der Waals surface area (Å²) in [6.45, 7) is 0. The number of anilines is 1. The van der Waals surface area contributed by atoms with E-state index in [4.69, 9.17) is 0 Å². The third-order valence-corrected chi connectivity index (χ3v) is 4.96. The first-order chi connectivity index (χ1) is 10.2. The van der Waals surface area contributed by atoms with Crippen molar-refractivity contribution in [1.82, 2.24) is 0 Å². The Hall–Kier alpha value is -2.25. The maximum Gasteiger partial charge on any atom is 0.258 e. The number of hydrogen-bond acceptors (Lipinski definition) is 3. The summed E-state index contributed by atoms with van der Waals surface area (Å²) in [5.41, 5.74) is 1.86. The van der Waals surface area contributed by atoms with Crippen LogP contribution in [-0.2, 0) is 11.2 Å². The van der Waals surface area contributed by atoms with Gasteiger partial charge in [0.2, 0.25) is 0 Å². The first-order valence-corrected chi connectivity index (χ1v) is 7.49. The summed E-state index contributed by atoms with van der Waals surface area (Å²) in [5, 5.41) is 9.70. The zero-order valence-corrected chi connectivity index (χ0v) is 12.4. The molecule has 1 atom stereocenters. The van der Waals surface area contributed by atoms with Gasteiger partial charge in [-0.3, -0.25) is 4.79 Å². The molecule has 0 fully saturated rings. The summed E-state index contributed by atoms with van der Waals surface area (Å²) < 4.78 is -1.09. The number of amides is 1. The number of carbonyl (C=O) groups excluding carboxylic acids is 1. The van der Waals surface area contributed by atoms with Crippen LogP contribution in [0, 0.1) is 11.3 Å². The van der Waals surface area contributed by atoms with E-state index in [-0.39, 0.29) is 5.91 Å². The smallest absolute Gasteiger partial charge is 0.258 e. The molecule has 3 rings (SSSR count). The second kappa shape index (κ2) is 5.27. The molecule has 0 radical (unpaired) electrons. The van der Waals surface area contributed by atoms with Gasteiger partial charge in [0.05, 0.1) is 11.8 Å². The summed E-state index contributed by atoms with van der Waals surface area (Å²) in [6.07, 6.45) is 0.409. The van der Waals surface area contributed by atoms with Crippen molar-refractivity contribution in [2.45, 2.75) is 16.1 Å². The molecule has 0 aliphatic carbocycles. The van der Waals surface area contributed by atoms with Gasteiger partial charge in [0.25, 0.3) is 5.91 Å². The first-order valence-electron chi connectivity index (χ1n) is 6.68. The molecule has 0 N–H and O–H groups in total. The third-order valence-electron chi connectivity index (χ3n) is 3.64. The van der Waals surface area contributed by atoms with Crippen LogP contribution < -0.4 is 4.90 Å². The fourth-order valence-electron chi connectivity index (χ4n) is 2.54. The molecule has 1 heterocycles. The Morgan fingerprint density at radius 2 is 1.81 bits per heavy atom. The van der Waals surface area contributed by atoms with Gasteiger partial charge in [0.1, 0.15) is 0 Å². The van der Waals surface area contributed by atoms with Crippen molar-refractivity contribution in [3.05, 3.63) is 60.2 Å². The van der Waals surface area contributed by atoms with E-state index in [0.29, 0.717) is 6.42 Å². The van der Waals surface area contributed by atoms with Gasteiger partial charge in [0.15, 0.2) is 4.75 Å². The Morgan fingerprint density at radius 3 is 2.52 bits per heavy atom. The minimum atomic E-state index is -1.09. The number of thioether (sulfide) groups is 1. The summed E-state index contributed by atoms with van der Waals surface area (Å²) in [5.74, 6) is -0.155. The standard InChI is InChI=1S/C17H14N2OS/c1-19-14-9-5-6-10-15(14)21-17(12-18,16(19)20)11-13-7-3-2-4-8-13/h2-10H,11H2,1H3. The van der Waals surface area contributed by atoms with E-state index in [0.717, 1.165) is 16.1 Å². The Balaban J connectivity index is 2.04. The molecule has 1 aliphatic rings. The number of benzene rings is 2. The number of rotatable bonds is 2. The van der Waals surface area contributed by atoms with E-state index in [1.165, 1.54) is 11.8 Å². The van der Waals surface area contributed by atoms with Gasteiger partial charge in [0, 0.05) is 18.4 Å². The monoisotopic (exact) mass is 294 g/mol. The van der Waals surface area contributed by atoms with Gasteiger partial charge in [-0.1, -0.05) is 54.2 Å². The Kier molecular flexibility index (Phi) is 3.44. The van der Waals surface area contributed by atoms with Crippen molar-refractivity contribution in [3.8, 4) is 6.07 Å². The number of carbonyl (C=O) groups is 1. The van der Waals surface area contributed by atoms with Crippen LogP contribution in [0.4, 0.5) is 5.69 Å². The SMILES string of the molecule is CN1C(=O)C(C#N)(Cc2ccccc2)Sc2ccccc21. The highest BCUT2D eigenvalue weighted by Gasteiger charge is 2.46. The van der Waals surface area contributed by atoms with Gasteiger partial charge >= 0.3 is 0 Å². The van der Waals surface area contributed by atoms with E-state index in [2.05, 4.69) is 6.07 Å². The third kappa shape index (κ3) is 2.30. The molecule has 0 saturated carbocycles. The molecular formula is C17H14N2OS. The van der Waals surface area contributed by atoms with Crippen LogP contribution in [0.25, 0.3) is 0 Å². The summed E-state index contributed by atoms with van der Waals surface area (Å²) in [7, 11) is 1.73. The normalized spacial score (nSPS) is 20.8. The number of para-hydroxylation sites is 1. The lowest BCUT2D eigenvalue weighted by molar-refractivity contribution is -0.119. The molecule has 0 saturated heterocycles. The summed E-state index contributed by atoms with van der Waals surface area (Å²) >= 11 is 1.36. The number of nitrogens with zero attached hydrogens (tertiary/aromatic N) is 2. The first kappa shape index (κ1) is 13.7. The van der Waals surface area contributed by atoms with Crippen LogP contribution in [0.2, 0.25) is 0 Å². The molecule has 2 aromatic carbocycles. The predicted octanol–water partition coefficient (Wildman–Crippen LogP) is 3.26. The zero-order valence-electron chi connectivity index (χ0n) is 11.6. The topological polar surface area (TPSA) is 44.1 Å². The molecule has 1 aliphatic heterocycles. The Labute approximate surface area is 128 Å².